The first-order chi connectivity index (χ1) is 9.86. The Labute approximate surface area is 125 Å². The Morgan fingerprint density at radius 3 is 2.33 bits per heavy atom. The highest BCUT2D eigenvalue weighted by atomic mass is 15.1. The molecule has 0 fully saturated rings. The van der Waals surface area contributed by atoms with Crippen LogP contribution in [0.5, 0.6) is 0 Å². The quantitative estimate of drug-likeness (QED) is 0.726. The number of aryl methyl sites for hydroxylation is 1. The molecule has 3 rings (SSSR count). The molecule has 0 unspecified atom stereocenters. The van der Waals surface area contributed by atoms with Crippen LogP contribution in [0.25, 0.3) is 16.9 Å². The summed E-state index contributed by atoms with van der Waals surface area (Å²) < 4.78 is 1.93. The van der Waals surface area contributed by atoms with E-state index in [9.17, 15) is 0 Å². The van der Waals surface area contributed by atoms with Crippen LogP contribution in [-0.2, 0) is 5.41 Å². The molecule has 0 aliphatic carbocycles. The van der Waals surface area contributed by atoms with Gasteiger partial charge in [-0.25, -0.2) is 4.98 Å². The average Bonchev–Trinajstić information content (AvgIpc) is 2.74. The van der Waals surface area contributed by atoms with Crippen molar-refractivity contribution in [1.82, 2.24) is 9.38 Å². The highest BCUT2D eigenvalue weighted by molar-refractivity contribution is 5.75. The van der Waals surface area contributed by atoms with Crippen molar-refractivity contribution in [2.24, 2.45) is 0 Å². The van der Waals surface area contributed by atoms with Crippen LogP contribution in [0.15, 0.2) is 42.6 Å². The van der Waals surface area contributed by atoms with Gasteiger partial charge in [-0.3, -0.25) is 4.40 Å². The lowest BCUT2D eigenvalue weighted by molar-refractivity contribution is 0.590. The largest absolute Gasteiger partial charge is 0.383 e. The van der Waals surface area contributed by atoms with Crippen molar-refractivity contribution < 1.29 is 0 Å². The Balaban J connectivity index is 2.10. The Bertz CT molecular complexity index is 790. The van der Waals surface area contributed by atoms with Crippen LogP contribution >= 0.6 is 0 Å². The standard InChI is InChI=1S/C18H21N3/c1-12-9-10-21-15(11-12)20-16(17(21)19)13-5-7-14(8-6-13)18(2,3)4/h5-11H,19H2,1-4H3. The van der Waals surface area contributed by atoms with Crippen molar-refractivity contribution in [2.75, 3.05) is 5.73 Å². The van der Waals surface area contributed by atoms with Gasteiger partial charge in [0, 0.05) is 11.8 Å². The number of rotatable bonds is 1. The minimum Gasteiger partial charge on any atom is -0.383 e. The lowest BCUT2D eigenvalue weighted by Crippen LogP contribution is -2.10. The maximum atomic E-state index is 6.25. The minimum absolute atomic E-state index is 0.153. The van der Waals surface area contributed by atoms with E-state index in [1.165, 1.54) is 11.1 Å². The number of fused-ring (bicyclic) bond motifs is 1. The summed E-state index contributed by atoms with van der Waals surface area (Å²) in [6.07, 6.45) is 1.97. The van der Waals surface area contributed by atoms with Crippen LogP contribution in [0.3, 0.4) is 0 Å². The van der Waals surface area contributed by atoms with Gasteiger partial charge in [0.1, 0.15) is 17.2 Å². The summed E-state index contributed by atoms with van der Waals surface area (Å²) in [5, 5.41) is 0. The van der Waals surface area contributed by atoms with Crippen LogP contribution in [0.2, 0.25) is 0 Å². The zero-order chi connectivity index (χ0) is 15.2. The van der Waals surface area contributed by atoms with Gasteiger partial charge in [-0.2, -0.15) is 0 Å². The molecular formula is C18H21N3. The van der Waals surface area contributed by atoms with Crippen LogP contribution in [0, 0.1) is 6.92 Å². The third kappa shape index (κ3) is 2.40. The lowest BCUT2D eigenvalue weighted by atomic mass is 9.86. The van der Waals surface area contributed by atoms with Gasteiger partial charge in [0.15, 0.2) is 0 Å². The van der Waals surface area contributed by atoms with E-state index < -0.39 is 0 Å². The van der Waals surface area contributed by atoms with Gasteiger partial charge in [0.2, 0.25) is 0 Å². The molecule has 108 valence electrons. The summed E-state index contributed by atoms with van der Waals surface area (Å²) in [6, 6.07) is 12.6. The van der Waals surface area contributed by atoms with E-state index in [0.717, 1.165) is 16.9 Å². The number of nitrogens with two attached hydrogens (primary N) is 1. The number of hydrogen-bond donors (Lipinski definition) is 1. The molecule has 3 nitrogen and oxygen atoms in total. The highest BCUT2D eigenvalue weighted by Gasteiger charge is 2.15. The summed E-state index contributed by atoms with van der Waals surface area (Å²) in [7, 11) is 0. The molecule has 0 bridgehead atoms. The van der Waals surface area contributed by atoms with E-state index >= 15 is 0 Å². The van der Waals surface area contributed by atoms with E-state index in [1.54, 1.807) is 0 Å². The zero-order valence-corrected chi connectivity index (χ0v) is 13.0. The first kappa shape index (κ1) is 13.7. The monoisotopic (exact) mass is 279 g/mol. The van der Waals surface area contributed by atoms with Gasteiger partial charge >= 0.3 is 0 Å². The summed E-state index contributed by atoms with van der Waals surface area (Å²) >= 11 is 0. The van der Waals surface area contributed by atoms with E-state index in [1.807, 2.05) is 22.7 Å². The maximum Gasteiger partial charge on any atom is 0.139 e. The molecule has 2 N–H and O–H groups in total. The summed E-state index contributed by atoms with van der Waals surface area (Å²) in [5.74, 6) is 0.688. The Hall–Kier alpha value is -2.29. The smallest absolute Gasteiger partial charge is 0.139 e. The van der Waals surface area contributed by atoms with E-state index in [-0.39, 0.29) is 5.41 Å². The van der Waals surface area contributed by atoms with Crippen LogP contribution < -0.4 is 5.73 Å². The fraction of sp³-hybridized carbons (Fsp3) is 0.278. The fourth-order valence-corrected chi connectivity index (χ4v) is 2.51. The van der Waals surface area contributed by atoms with Gasteiger partial charge in [0.25, 0.3) is 0 Å². The van der Waals surface area contributed by atoms with Crippen molar-refractivity contribution >= 4 is 11.5 Å². The molecular weight excluding hydrogens is 258 g/mol. The first-order valence-electron chi connectivity index (χ1n) is 7.21. The van der Waals surface area contributed by atoms with Crippen LogP contribution in [0.1, 0.15) is 31.9 Å². The van der Waals surface area contributed by atoms with E-state index in [2.05, 4.69) is 56.9 Å². The molecule has 0 aliphatic rings. The number of imidazole rings is 1. The topological polar surface area (TPSA) is 43.3 Å². The molecule has 0 amide bonds. The maximum absolute atomic E-state index is 6.25. The van der Waals surface area contributed by atoms with Crippen molar-refractivity contribution in [3.05, 3.63) is 53.7 Å². The molecule has 0 radical (unpaired) electrons. The predicted molar refractivity (Wildman–Crippen MR) is 88.5 cm³/mol. The molecule has 3 heteroatoms. The van der Waals surface area contributed by atoms with Crippen molar-refractivity contribution in [3.8, 4) is 11.3 Å². The lowest BCUT2D eigenvalue weighted by Gasteiger charge is -2.18. The molecule has 2 heterocycles. The number of nitrogen functional groups attached to an aromatic ring is 1. The van der Waals surface area contributed by atoms with Gasteiger partial charge in [0.05, 0.1) is 0 Å². The number of pyridine rings is 1. The summed E-state index contributed by atoms with van der Waals surface area (Å²) in [6.45, 7) is 8.70. The molecule has 1 aromatic carbocycles. The number of hydrogen-bond acceptors (Lipinski definition) is 2. The van der Waals surface area contributed by atoms with Crippen molar-refractivity contribution in [1.29, 1.82) is 0 Å². The SMILES string of the molecule is Cc1ccn2c(N)c(-c3ccc(C(C)(C)C)cc3)nc2c1. The Morgan fingerprint density at radius 2 is 1.71 bits per heavy atom. The highest BCUT2D eigenvalue weighted by Crippen LogP contribution is 2.29. The molecule has 0 saturated heterocycles. The van der Waals surface area contributed by atoms with Crippen molar-refractivity contribution in [2.45, 2.75) is 33.1 Å². The Kier molecular flexibility index (Phi) is 3.01. The first-order valence-corrected chi connectivity index (χ1v) is 7.21. The van der Waals surface area contributed by atoms with E-state index in [0.29, 0.717) is 5.82 Å². The van der Waals surface area contributed by atoms with Gasteiger partial charge in [-0.1, -0.05) is 45.0 Å². The predicted octanol–water partition coefficient (Wildman–Crippen LogP) is 4.19. The molecule has 21 heavy (non-hydrogen) atoms. The second kappa shape index (κ2) is 4.62. The average molecular weight is 279 g/mol. The van der Waals surface area contributed by atoms with Gasteiger partial charge in [-0.05, 0) is 35.6 Å². The van der Waals surface area contributed by atoms with Gasteiger partial charge in [-0.15, -0.1) is 0 Å². The molecule has 0 spiro atoms. The Morgan fingerprint density at radius 1 is 1.05 bits per heavy atom. The zero-order valence-electron chi connectivity index (χ0n) is 13.0. The molecule has 0 saturated carbocycles. The molecule has 2 aromatic heterocycles. The normalized spacial score (nSPS) is 12.0. The molecule has 0 aliphatic heterocycles. The van der Waals surface area contributed by atoms with Crippen molar-refractivity contribution in [3.63, 3.8) is 0 Å². The molecule has 3 aromatic rings. The van der Waals surface area contributed by atoms with E-state index in [4.69, 9.17) is 5.73 Å². The number of aromatic nitrogens is 2. The third-order valence-corrected chi connectivity index (χ3v) is 3.84. The summed E-state index contributed by atoms with van der Waals surface area (Å²) in [5.41, 5.74) is 11.7. The van der Waals surface area contributed by atoms with Crippen LogP contribution in [0.4, 0.5) is 5.82 Å². The number of anilines is 1. The third-order valence-electron chi connectivity index (χ3n) is 3.84. The second-order valence-corrected chi connectivity index (χ2v) is 6.61. The fourth-order valence-electron chi connectivity index (χ4n) is 2.51. The summed E-state index contributed by atoms with van der Waals surface area (Å²) in [4.78, 5) is 4.67. The minimum atomic E-state index is 0.153. The number of nitrogens with zero attached hydrogens (tertiary/aromatic N) is 2. The number of benzene rings is 1. The van der Waals surface area contributed by atoms with Crippen LogP contribution in [-0.4, -0.2) is 9.38 Å². The second-order valence-electron chi connectivity index (χ2n) is 6.61. The molecule has 0 atom stereocenters. The van der Waals surface area contributed by atoms with Gasteiger partial charge < -0.3 is 5.73 Å².